The molecule has 3 heteroatoms. The quantitative estimate of drug-likeness (QED) is 0.818. The van der Waals surface area contributed by atoms with Gasteiger partial charge >= 0.3 is 0 Å². The number of benzene rings is 1. The molecule has 21 heavy (non-hydrogen) atoms. The lowest BCUT2D eigenvalue weighted by Crippen LogP contribution is -2.26. The predicted octanol–water partition coefficient (Wildman–Crippen LogP) is 4.38. The molecule has 2 aromatic rings. The fourth-order valence-corrected chi connectivity index (χ4v) is 2.18. The monoisotopic (exact) mass is 287 g/mol. The number of fused-ring (bicyclic) bond motifs is 1. The van der Waals surface area contributed by atoms with E-state index < -0.39 is 0 Å². The molecule has 114 valence electrons. The summed E-state index contributed by atoms with van der Waals surface area (Å²) < 4.78 is 5.91. The van der Waals surface area contributed by atoms with E-state index in [0.717, 1.165) is 31.5 Å². The third kappa shape index (κ3) is 4.10. The third-order valence-corrected chi connectivity index (χ3v) is 3.11. The highest BCUT2D eigenvalue weighted by atomic mass is 16.4. The molecule has 0 aliphatic carbocycles. The second-order valence-corrected chi connectivity index (χ2v) is 4.59. The van der Waals surface area contributed by atoms with Crippen molar-refractivity contribution in [3.8, 4) is 0 Å². The normalized spacial score (nSPS) is 10.1. The molecule has 1 aromatic heterocycles. The molecule has 0 aliphatic rings. The van der Waals surface area contributed by atoms with Gasteiger partial charge in [0.2, 0.25) is 0 Å². The minimum atomic E-state index is -0.00178. The van der Waals surface area contributed by atoms with Crippen LogP contribution in [0.25, 0.3) is 11.0 Å². The van der Waals surface area contributed by atoms with Crippen LogP contribution in [0.2, 0.25) is 0 Å². The van der Waals surface area contributed by atoms with Crippen LogP contribution in [0.5, 0.6) is 0 Å². The van der Waals surface area contributed by atoms with Gasteiger partial charge in [-0.25, -0.2) is 0 Å². The van der Waals surface area contributed by atoms with Crippen LogP contribution < -0.4 is 10.3 Å². The number of rotatable bonds is 5. The molecule has 0 saturated heterocycles. The van der Waals surface area contributed by atoms with Gasteiger partial charge in [-0.05, 0) is 31.4 Å². The van der Waals surface area contributed by atoms with Crippen molar-refractivity contribution in [1.82, 2.24) is 0 Å². The Kier molecular flexibility index (Phi) is 7.00. The lowest BCUT2D eigenvalue weighted by Gasteiger charge is -2.22. The van der Waals surface area contributed by atoms with E-state index in [1.807, 2.05) is 37.8 Å². The minimum Gasteiger partial charge on any atom is -0.440 e. The maximum Gasteiger partial charge on any atom is 0.199 e. The molecule has 0 atom stereocenters. The molecule has 0 unspecified atom stereocenters. The van der Waals surface area contributed by atoms with Gasteiger partial charge in [-0.2, -0.15) is 0 Å². The van der Waals surface area contributed by atoms with E-state index >= 15 is 0 Å². The second kappa shape index (κ2) is 8.50. The zero-order valence-corrected chi connectivity index (χ0v) is 13.3. The maximum absolute atomic E-state index is 12.1. The Balaban J connectivity index is 0.00000106. The molecule has 1 aromatic carbocycles. The summed E-state index contributed by atoms with van der Waals surface area (Å²) in [5.74, 6) is 0.610. The third-order valence-electron chi connectivity index (χ3n) is 3.11. The van der Waals surface area contributed by atoms with Gasteiger partial charge in [-0.15, -0.1) is 0 Å². The van der Waals surface area contributed by atoms with Crippen LogP contribution in [0.15, 0.2) is 33.5 Å². The molecular formula is C18H25NO2. The van der Waals surface area contributed by atoms with Crippen LogP contribution in [-0.2, 0) is 0 Å². The van der Waals surface area contributed by atoms with Crippen molar-refractivity contribution in [3.63, 3.8) is 0 Å². The van der Waals surface area contributed by atoms with Gasteiger partial charge in [0, 0.05) is 19.2 Å². The largest absolute Gasteiger partial charge is 0.440 e. The first-order valence-electron chi connectivity index (χ1n) is 7.54. The smallest absolute Gasteiger partial charge is 0.199 e. The first kappa shape index (κ1) is 17.3. The molecule has 0 N–H and O–H groups in total. The summed E-state index contributed by atoms with van der Waals surface area (Å²) in [5.41, 5.74) is 1.64. The SMILES string of the molecule is CC.[CH2]CCN(CC[CH2])c1cc(=O)c2cccc(C)c2o1. The average molecular weight is 287 g/mol. The van der Waals surface area contributed by atoms with Gasteiger partial charge in [0.1, 0.15) is 5.58 Å². The van der Waals surface area contributed by atoms with Crippen molar-refractivity contribution in [3.05, 3.63) is 53.9 Å². The number of anilines is 1. The molecule has 0 aliphatic heterocycles. The van der Waals surface area contributed by atoms with Crippen LogP contribution >= 0.6 is 0 Å². The van der Waals surface area contributed by atoms with Crippen molar-refractivity contribution in [2.75, 3.05) is 18.0 Å². The molecule has 2 radical (unpaired) electrons. The van der Waals surface area contributed by atoms with E-state index in [1.54, 1.807) is 12.1 Å². The average Bonchev–Trinajstić information content (AvgIpc) is 2.50. The summed E-state index contributed by atoms with van der Waals surface area (Å²) >= 11 is 0. The zero-order chi connectivity index (χ0) is 15.8. The van der Waals surface area contributed by atoms with Crippen LogP contribution in [-0.4, -0.2) is 13.1 Å². The molecule has 2 rings (SSSR count). The second-order valence-electron chi connectivity index (χ2n) is 4.59. The Morgan fingerprint density at radius 2 is 1.76 bits per heavy atom. The molecule has 0 fully saturated rings. The van der Waals surface area contributed by atoms with E-state index in [1.165, 1.54) is 0 Å². The maximum atomic E-state index is 12.1. The Labute approximate surface area is 127 Å². The zero-order valence-electron chi connectivity index (χ0n) is 13.3. The fourth-order valence-electron chi connectivity index (χ4n) is 2.18. The van der Waals surface area contributed by atoms with Gasteiger partial charge in [-0.3, -0.25) is 4.79 Å². The number of hydrogen-bond donors (Lipinski definition) is 0. The molecule has 0 saturated carbocycles. The van der Waals surface area contributed by atoms with Crippen LogP contribution in [0.3, 0.4) is 0 Å². The predicted molar refractivity (Wildman–Crippen MR) is 90.7 cm³/mol. The van der Waals surface area contributed by atoms with Crippen molar-refractivity contribution < 1.29 is 4.42 Å². The summed E-state index contributed by atoms with van der Waals surface area (Å²) in [6.07, 6.45) is 1.52. The van der Waals surface area contributed by atoms with Gasteiger partial charge in [0.15, 0.2) is 11.3 Å². The number of hydrogen-bond acceptors (Lipinski definition) is 3. The van der Waals surface area contributed by atoms with E-state index in [-0.39, 0.29) is 5.43 Å². The Bertz CT molecular complexity index is 610. The lowest BCUT2D eigenvalue weighted by atomic mass is 10.1. The van der Waals surface area contributed by atoms with Crippen molar-refractivity contribution >= 4 is 16.9 Å². The summed E-state index contributed by atoms with van der Waals surface area (Å²) in [4.78, 5) is 14.2. The van der Waals surface area contributed by atoms with E-state index in [9.17, 15) is 4.79 Å². The van der Waals surface area contributed by atoms with Crippen molar-refractivity contribution in [1.29, 1.82) is 0 Å². The Morgan fingerprint density at radius 3 is 2.33 bits per heavy atom. The van der Waals surface area contributed by atoms with Gasteiger partial charge in [0.25, 0.3) is 0 Å². The highest BCUT2D eigenvalue weighted by molar-refractivity contribution is 5.80. The summed E-state index contributed by atoms with van der Waals surface area (Å²) in [6, 6.07) is 7.18. The number of para-hydroxylation sites is 1. The molecule has 0 spiro atoms. The topological polar surface area (TPSA) is 33.5 Å². The van der Waals surface area contributed by atoms with Gasteiger partial charge < -0.3 is 9.32 Å². The van der Waals surface area contributed by atoms with E-state index in [4.69, 9.17) is 4.42 Å². The van der Waals surface area contributed by atoms with Crippen molar-refractivity contribution in [2.24, 2.45) is 0 Å². The molecule has 0 bridgehead atoms. The Hall–Kier alpha value is -1.77. The lowest BCUT2D eigenvalue weighted by molar-refractivity contribution is 0.567. The minimum absolute atomic E-state index is 0.00178. The van der Waals surface area contributed by atoms with E-state index in [2.05, 4.69) is 13.8 Å². The molecular weight excluding hydrogens is 262 g/mol. The summed E-state index contributed by atoms with van der Waals surface area (Å²) in [7, 11) is 0. The van der Waals surface area contributed by atoms with Gasteiger partial charge in [-0.1, -0.05) is 39.8 Å². The first-order chi connectivity index (χ1) is 10.2. The molecule has 1 heterocycles. The number of nitrogens with zero attached hydrogens (tertiary/aromatic N) is 1. The van der Waals surface area contributed by atoms with Crippen LogP contribution in [0.1, 0.15) is 32.3 Å². The summed E-state index contributed by atoms with van der Waals surface area (Å²) in [5, 5.41) is 0.632. The highest BCUT2D eigenvalue weighted by Gasteiger charge is 2.11. The fraction of sp³-hybridized carbons (Fsp3) is 0.389. The van der Waals surface area contributed by atoms with E-state index in [0.29, 0.717) is 16.9 Å². The molecule has 0 amide bonds. The van der Waals surface area contributed by atoms with Crippen molar-refractivity contribution in [2.45, 2.75) is 33.6 Å². The summed E-state index contributed by atoms with van der Waals surface area (Å²) in [6.45, 7) is 15.2. The number of aryl methyl sites for hydroxylation is 1. The van der Waals surface area contributed by atoms with Crippen LogP contribution in [0, 0.1) is 20.8 Å². The standard InChI is InChI=1S/C16H19NO2.C2H6/c1-4-9-17(10-5-2)15-11-14(18)13-8-6-7-12(3)16(13)19-15;1-2/h6-8,11H,1-2,4-5,9-10H2,3H3;1-2H3. The first-order valence-corrected chi connectivity index (χ1v) is 7.54. The van der Waals surface area contributed by atoms with Crippen LogP contribution in [0.4, 0.5) is 5.88 Å². The molecule has 3 nitrogen and oxygen atoms in total. The Morgan fingerprint density at radius 1 is 1.14 bits per heavy atom. The highest BCUT2D eigenvalue weighted by Crippen LogP contribution is 2.22. The van der Waals surface area contributed by atoms with Gasteiger partial charge in [0.05, 0.1) is 5.39 Å².